The number of hydrogen-bond donors (Lipinski definition) is 2. The number of rotatable bonds is 1. The second-order valence-electron chi connectivity index (χ2n) is 5.51. The third kappa shape index (κ3) is 1.36. The summed E-state index contributed by atoms with van der Waals surface area (Å²) in [6.07, 6.45) is 1.65. The molecular weight excluding hydrogens is 288 g/mol. The van der Waals surface area contributed by atoms with Gasteiger partial charge in [0.15, 0.2) is 0 Å². The van der Waals surface area contributed by atoms with Gasteiger partial charge < -0.3 is 14.9 Å². The van der Waals surface area contributed by atoms with Crippen LogP contribution < -0.4 is 0 Å². The molecule has 2 N–H and O–H groups in total. The Labute approximate surface area is 124 Å². The maximum absolute atomic E-state index is 10.5. The second-order valence-corrected chi connectivity index (χ2v) is 6.39. The first-order valence-electron chi connectivity index (χ1n) is 6.89. The highest BCUT2D eigenvalue weighted by Gasteiger charge is 2.45. The van der Waals surface area contributed by atoms with Gasteiger partial charge in [-0.1, -0.05) is 0 Å². The average Bonchev–Trinajstić information content (AvgIpc) is 3.22. The first kappa shape index (κ1) is 11.6. The molecule has 6 heteroatoms. The number of aromatic nitrogens is 2. The van der Waals surface area contributed by atoms with Crippen molar-refractivity contribution in [2.75, 3.05) is 0 Å². The molecule has 1 saturated heterocycles. The first-order valence-corrected chi connectivity index (χ1v) is 7.77. The maximum Gasteiger partial charge on any atom is 0.205 e. The molecule has 0 amide bonds. The SMILES string of the molecule is Oc1c2c(c(O)n1-c1ccc3ncsc3c1)[C@H]1CC[C@@H]2O1. The highest BCUT2D eigenvalue weighted by atomic mass is 32.1. The third-order valence-electron chi connectivity index (χ3n) is 4.43. The summed E-state index contributed by atoms with van der Waals surface area (Å²) in [5, 5.41) is 21.1. The third-order valence-corrected chi connectivity index (χ3v) is 5.22. The Bertz CT molecular complexity index is 849. The monoisotopic (exact) mass is 300 g/mol. The maximum atomic E-state index is 10.5. The van der Waals surface area contributed by atoms with Crippen molar-refractivity contribution in [3.63, 3.8) is 0 Å². The molecule has 2 atom stereocenters. The van der Waals surface area contributed by atoms with Gasteiger partial charge in [-0.05, 0) is 31.0 Å². The summed E-state index contributed by atoms with van der Waals surface area (Å²) < 4.78 is 8.29. The van der Waals surface area contributed by atoms with Crippen molar-refractivity contribution >= 4 is 21.6 Å². The Morgan fingerprint density at radius 3 is 2.57 bits per heavy atom. The molecule has 3 aromatic rings. The van der Waals surface area contributed by atoms with Crippen LogP contribution >= 0.6 is 11.3 Å². The van der Waals surface area contributed by atoms with Crippen molar-refractivity contribution in [3.8, 4) is 17.4 Å². The van der Waals surface area contributed by atoms with E-state index in [9.17, 15) is 10.2 Å². The van der Waals surface area contributed by atoms with Crippen LogP contribution in [0.5, 0.6) is 11.8 Å². The predicted octanol–water partition coefficient (Wildman–Crippen LogP) is 3.40. The molecule has 2 aromatic heterocycles. The number of fused-ring (bicyclic) bond motifs is 6. The number of benzene rings is 1. The summed E-state index contributed by atoms with van der Waals surface area (Å²) in [6.45, 7) is 0. The number of nitrogens with zero attached hydrogens (tertiary/aromatic N) is 2. The molecular formula is C15H12N2O3S. The first-order chi connectivity index (χ1) is 10.2. The normalized spacial score (nSPS) is 23.0. The van der Waals surface area contributed by atoms with Crippen LogP contribution in [0.15, 0.2) is 23.7 Å². The van der Waals surface area contributed by atoms with Gasteiger partial charge in [0.25, 0.3) is 0 Å². The van der Waals surface area contributed by atoms with Crippen molar-refractivity contribution in [1.82, 2.24) is 9.55 Å². The van der Waals surface area contributed by atoms with Crippen LogP contribution in [-0.4, -0.2) is 19.8 Å². The van der Waals surface area contributed by atoms with Gasteiger partial charge in [-0.2, -0.15) is 0 Å². The van der Waals surface area contributed by atoms with E-state index in [2.05, 4.69) is 4.98 Å². The zero-order chi connectivity index (χ0) is 14.1. The topological polar surface area (TPSA) is 67.5 Å². The summed E-state index contributed by atoms with van der Waals surface area (Å²) in [5.74, 6) is 0.192. The van der Waals surface area contributed by atoms with Crippen LogP contribution in [-0.2, 0) is 4.74 Å². The number of hydrogen-bond acceptors (Lipinski definition) is 5. The standard InChI is InChI=1S/C15H12N2O3S/c18-14-12-9-3-4-10(20-9)13(12)15(19)17(14)7-1-2-8-11(5-7)21-6-16-8/h1-2,5-6,9-10,18-19H,3-4H2/t9-,10+. The lowest BCUT2D eigenvalue weighted by molar-refractivity contribution is 0.0683. The Hall–Kier alpha value is -2.05. The summed E-state index contributed by atoms with van der Waals surface area (Å²) in [7, 11) is 0. The Kier molecular flexibility index (Phi) is 2.09. The molecule has 4 heterocycles. The number of aromatic hydroxyl groups is 2. The van der Waals surface area contributed by atoms with E-state index in [0.717, 1.165) is 39.9 Å². The van der Waals surface area contributed by atoms with E-state index < -0.39 is 0 Å². The van der Waals surface area contributed by atoms with Crippen LogP contribution in [0.2, 0.25) is 0 Å². The van der Waals surface area contributed by atoms with Gasteiger partial charge in [0.05, 0.1) is 44.7 Å². The molecule has 0 unspecified atom stereocenters. The van der Waals surface area contributed by atoms with Gasteiger partial charge in [-0.3, -0.25) is 4.57 Å². The van der Waals surface area contributed by atoms with Crippen LogP contribution in [0.1, 0.15) is 36.2 Å². The molecule has 2 aliphatic rings. The Morgan fingerprint density at radius 2 is 1.86 bits per heavy atom. The lowest BCUT2D eigenvalue weighted by Crippen LogP contribution is -1.96. The summed E-state index contributed by atoms with van der Waals surface area (Å²) in [6, 6.07) is 5.69. The van der Waals surface area contributed by atoms with Crippen molar-refractivity contribution in [2.45, 2.75) is 25.0 Å². The fourth-order valence-corrected chi connectivity index (χ4v) is 4.22. The molecule has 21 heavy (non-hydrogen) atoms. The molecule has 2 aliphatic heterocycles. The smallest absolute Gasteiger partial charge is 0.205 e. The van der Waals surface area contributed by atoms with E-state index in [1.54, 1.807) is 5.51 Å². The Morgan fingerprint density at radius 1 is 1.14 bits per heavy atom. The predicted molar refractivity (Wildman–Crippen MR) is 78.1 cm³/mol. The molecule has 0 saturated carbocycles. The van der Waals surface area contributed by atoms with Gasteiger partial charge in [-0.15, -0.1) is 11.3 Å². The minimum Gasteiger partial charge on any atom is -0.494 e. The highest BCUT2D eigenvalue weighted by Crippen LogP contribution is 2.58. The van der Waals surface area contributed by atoms with E-state index >= 15 is 0 Å². The van der Waals surface area contributed by atoms with E-state index in [1.807, 2.05) is 18.2 Å². The fourth-order valence-electron chi connectivity index (χ4n) is 3.51. The Balaban J connectivity index is 1.77. The van der Waals surface area contributed by atoms with Crippen molar-refractivity contribution in [2.24, 2.45) is 0 Å². The van der Waals surface area contributed by atoms with Gasteiger partial charge >= 0.3 is 0 Å². The zero-order valence-electron chi connectivity index (χ0n) is 11.0. The minimum absolute atomic E-state index is 0.0794. The molecule has 5 nitrogen and oxygen atoms in total. The zero-order valence-corrected chi connectivity index (χ0v) is 11.8. The van der Waals surface area contributed by atoms with Crippen LogP contribution in [0.25, 0.3) is 15.9 Å². The number of ether oxygens (including phenoxy) is 1. The molecule has 1 fully saturated rings. The van der Waals surface area contributed by atoms with Crippen molar-refractivity contribution in [3.05, 3.63) is 34.8 Å². The molecule has 0 spiro atoms. The highest BCUT2D eigenvalue weighted by molar-refractivity contribution is 7.16. The van der Waals surface area contributed by atoms with E-state index in [4.69, 9.17) is 4.74 Å². The van der Waals surface area contributed by atoms with Crippen LogP contribution in [0.4, 0.5) is 0 Å². The largest absolute Gasteiger partial charge is 0.494 e. The summed E-state index contributed by atoms with van der Waals surface area (Å²) in [5.41, 5.74) is 4.97. The van der Waals surface area contributed by atoms with Crippen LogP contribution in [0.3, 0.4) is 0 Å². The molecule has 1 aromatic carbocycles. The van der Waals surface area contributed by atoms with E-state index in [0.29, 0.717) is 0 Å². The van der Waals surface area contributed by atoms with E-state index in [1.165, 1.54) is 15.9 Å². The lowest BCUT2D eigenvalue weighted by atomic mass is 9.95. The van der Waals surface area contributed by atoms with Gasteiger partial charge in [0, 0.05) is 0 Å². The van der Waals surface area contributed by atoms with Gasteiger partial charge in [0.1, 0.15) is 0 Å². The quantitative estimate of drug-likeness (QED) is 0.722. The molecule has 5 rings (SSSR count). The lowest BCUT2D eigenvalue weighted by Gasteiger charge is -2.10. The van der Waals surface area contributed by atoms with E-state index in [-0.39, 0.29) is 24.0 Å². The molecule has 0 radical (unpaired) electrons. The second kappa shape index (κ2) is 3.78. The minimum atomic E-state index is -0.0794. The van der Waals surface area contributed by atoms with Gasteiger partial charge in [0.2, 0.25) is 11.8 Å². The average molecular weight is 300 g/mol. The number of thiazole rings is 1. The van der Waals surface area contributed by atoms with Gasteiger partial charge in [-0.25, -0.2) is 4.98 Å². The molecule has 2 bridgehead atoms. The molecule has 0 aliphatic carbocycles. The summed E-state index contributed by atoms with van der Waals surface area (Å²) in [4.78, 5) is 4.25. The summed E-state index contributed by atoms with van der Waals surface area (Å²) >= 11 is 1.54. The van der Waals surface area contributed by atoms with Crippen LogP contribution in [0, 0.1) is 0 Å². The van der Waals surface area contributed by atoms with Crippen molar-refractivity contribution < 1.29 is 14.9 Å². The van der Waals surface area contributed by atoms with Crippen molar-refractivity contribution in [1.29, 1.82) is 0 Å². The fraction of sp³-hybridized carbons (Fsp3) is 0.267. The molecule has 106 valence electrons.